The van der Waals surface area contributed by atoms with Gasteiger partial charge in [0.25, 0.3) is 0 Å². The van der Waals surface area contributed by atoms with E-state index >= 15 is 0 Å². The quantitative estimate of drug-likeness (QED) is 0.797. The van der Waals surface area contributed by atoms with E-state index in [-0.39, 0.29) is 0 Å². The Bertz CT molecular complexity index is 535. The van der Waals surface area contributed by atoms with Gasteiger partial charge < -0.3 is 4.57 Å². The molecule has 0 aliphatic rings. The van der Waals surface area contributed by atoms with Crippen LogP contribution >= 0.6 is 23.2 Å². The number of rotatable bonds is 3. The molecule has 5 heteroatoms. The van der Waals surface area contributed by atoms with Crippen LogP contribution < -0.4 is 0 Å². The number of aromatic nitrogens is 3. The lowest BCUT2D eigenvalue weighted by molar-refractivity contribution is 0.731. The van der Waals surface area contributed by atoms with Gasteiger partial charge in [0.15, 0.2) is 5.82 Å². The molecule has 3 nitrogen and oxygen atoms in total. The largest absolute Gasteiger partial charge is 0.310 e. The lowest BCUT2D eigenvalue weighted by Crippen LogP contribution is -2.02. The summed E-state index contributed by atoms with van der Waals surface area (Å²) in [5.74, 6) is 1.89. The van der Waals surface area contributed by atoms with Crippen LogP contribution in [0.4, 0.5) is 0 Å². The van der Waals surface area contributed by atoms with Gasteiger partial charge in [0.2, 0.25) is 0 Å². The second-order valence-electron chi connectivity index (χ2n) is 3.80. The van der Waals surface area contributed by atoms with Crippen molar-refractivity contribution in [3.8, 4) is 11.4 Å². The highest BCUT2D eigenvalue weighted by atomic mass is 35.5. The van der Waals surface area contributed by atoms with E-state index in [1.54, 1.807) is 0 Å². The summed E-state index contributed by atoms with van der Waals surface area (Å²) < 4.78 is 1.98. The molecule has 0 radical (unpaired) electrons. The molecule has 1 aromatic carbocycles. The van der Waals surface area contributed by atoms with Crippen molar-refractivity contribution in [2.24, 2.45) is 0 Å². The van der Waals surface area contributed by atoms with Crippen molar-refractivity contribution in [2.45, 2.75) is 26.3 Å². The fourth-order valence-corrected chi connectivity index (χ4v) is 2.28. The zero-order valence-corrected chi connectivity index (χ0v) is 11.3. The molecular weight excluding hydrogens is 257 g/mol. The minimum Gasteiger partial charge on any atom is -0.310 e. The van der Waals surface area contributed by atoms with Gasteiger partial charge in [-0.25, -0.2) is 0 Å². The molecule has 0 aliphatic heterocycles. The Morgan fingerprint density at radius 1 is 1.29 bits per heavy atom. The molecule has 17 heavy (non-hydrogen) atoms. The van der Waals surface area contributed by atoms with E-state index in [1.807, 2.05) is 36.6 Å². The first kappa shape index (κ1) is 12.4. The van der Waals surface area contributed by atoms with Crippen LogP contribution in [0.3, 0.4) is 0 Å². The Balaban J connectivity index is 2.56. The summed E-state index contributed by atoms with van der Waals surface area (Å²) in [4.78, 5) is 0. The van der Waals surface area contributed by atoms with Gasteiger partial charge in [-0.1, -0.05) is 17.7 Å². The average Bonchev–Trinajstić information content (AvgIpc) is 2.71. The summed E-state index contributed by atoms with van der Waals surface area (Å²) in [7, 11) is 0. The fraction of sp³-hybridized carbons (Fsp3) is 0.333. The summed E-state index contributed by atoms with van der Waals surface area (Å²) in [5, 5.41) is 8.92. The molecule has 0 fully saturated rings. The van der Waals surface area contributed by atoms with Gasteiger partial charge >= 0.3 is 0 Å². The SMILES string of the molecule is CCn1c(CCl)nnc1-c1ccc(C)cc1Cl. The molecule has 1 aromatic heterocycles. The first-order chi connectivity index (χ1) is 8.17. The van der Waals surface area contributed by atoms with Gasteiger partial charge in [0.1, 0.15) is 5.82 Å². The highest BCUT2D eigenvalue weighted by Gasteiger charge is 2.14. The van der Waals surface area contributed by atoms with Crippen molar-refractivity contribution >= 4 is 23.2 Å². The van der Waals surface area contributed by atoms with E-state index in [0.717, 1.165) is 29.3 Å². The number of aryl methyl sites for hydroxylation is 1. The molecule has 90 valence electrons. The zero-order valence-electron chi connectivity index (χ0n) is 9.74. The number of nitrogens with zero attached hydrogens (tertiary/aromatic N) is 3. The summed E-state index contributed by atoms with van der Waals surface area (Å²) >= 11 is 12.1. The molecule has 0 atom stereocenters. The molecule has 1 heterocycles. The van der Waals surface area contributed by atoms with Gasteiger partial charge in [-0.05, 0) is 31.5 Å². The van der Waals surface area contributed by atoms with Crippen LogP contribution in [0.25, 0.3) is 11.4 Å². The highest BCUT2D eigenvalue weighted by molar-refractivity contribution is 6.33. The maximum absolute atomic E-state index is 6.23. The fourth-order valence-electron chi connectivity index (χ4n) is 1.77. The van der Waals surface area contributed by atoms with Crippen LogP contribution in [0.15, 0.2) is 18.2 Å². The minimum absolute atomic E-state index is 0.352. The predicted molar refractivity (Wildman–Crippen MR) is 70.4 cm³/mol. The van der Waals surface area contributed by atoms with Crippen LogP contribution in [-0.4, -0.2) is 14.8 Å². The van der Waals surface area contributed by atoms with Gasteiger partial charge in [-0.3, -0.25) is 0 Å². The molecule has 0 amide bonds. The third-order valence-electron chi connectivity index (χ3n) is 2.63. The Labute approximate surface area is 110 Å². The monoisotopic (exact) mass is 269 g/mol. The van der Waals surface area contributed by atoms with E-state index in [2.05, 4.69) is 10.2 Å². The molecule has 2 aromatic rings. The van der Waals surface area contributed by atoms with Crippen LogP contribution in [0.2, 0.25) is 5.02 Å². The van der Waals surface area contributed by atoms with E-state index in [4.69, 9.17) is 23.2 Å². The Hall–Kier alpha value is -1.06. The molecule has 2 rings (SSSR count). The molecule has 0 N–H and O–H groups in total. The Kier molecular flexibility index (Phi) is 3.69. The average molecular weight is 270 g/mol. The third-order valence-corrected chi connectivity index (χ3v) is 3.18. The van der Waals surface area contributed by atoms with Crippen molar-refractivity contribution in [1.82, 2.24) is 14.8 Å². The van der Waals surface area contributed by atoms with Crippen molar-refractivity contribution < 1.29 is 0 Å². The second kappa shape index (κ2) is 5.07. The lowest BCUT2D eigenvalue weighted by atomic mass is 10.1. The van der Waals surface area contributed by atoms with Crippen LogP contribution in [0.5, 0.6) is 0 Å². The highest BCUT2D eigenvalue weighted by Crippen LogP contribution is 2.28. The van der Waals surface area contributed by atoms with Crippen molar-refractivity contribution in [3.05, 3.63) is 34.6 Å². The van der Waals surface area contributed by atoms with E-state index in [9.17, 15) is 0 Å². The predicted octanol–water partition coefficient (Wildman–Crippen LogP) is 3.67. The summed E-state index contributed by atoms with van der Waals surface area (Å²) in [6, 6.07) is 5.90. The van der Waals surface area contributed by atoms with Gasteiger partial charge in [-0.2, -0.15) is 0 Å². The van der Waals surface area contributed by atoms with E-state index in [1.165, 1.54) is 0 Å². The molecule has 0 unspecified atom stereocenters. The normalized spacial score (nSPS) is 10.8. The number of hydrogen-bond donors (Lipinski definition) is 0. The number of benzene rings is 1. The van der Waals surface area contributed by atoms with Crippen molar-refractivity contribution in [3.63, 3.8) is 0 Å². The van der Waals surface area contributed by atoms with Gasteiger partial charge in [0, 0.05) is 12.1 Å². The van der Waals surface area contributed by atoms with Crippen LogP contribution in [-0.2, 0) is 12.4 Å². The van der Waals surface area contributed by atoms with Gasteiger partial charge in [-0.15, -0.1) is 21.8 Å². The maximum atomic E-state index is 6.23. The molecule has 0 aliphatic carbocycles. The molecule has 0 saturated heterocycles. The van der Waals surface area contributed by atoms with Crippen molar-refractivity contribution in [2.75, 3.05) is 0 Å². The van der Waals surface area contributed by atoms with Crippen LogP contribution in [0.1, 0.15) is 18.3 Å². The molecule has 0 bridgehead atoms. The first-order valence-electron chi connectivity index (χ1n) is 5.42. The second-order valence-corrected chi connectivity index (χ2v) is 4.48. The molecular formula is C12H13Cl2N3. The zero-order chi connectivity index (χ0) is 12.4. The first-order valence-corrected chi connectivity index (χ1v) is 6.33. The summed E-state index contributed by atoms with van der Waals surface area (Å²) in [6.45, 7) is 4.81. The maximum Gasteiger partial charge on any atom is 0.165 e. The number of halogens is 2. The van der Waals surface area contributed by atoms with Crippen LogP contribution in [0, 0.1) is 6.92 Å². The van der Waals surface area contributed by atoms with E-state index in [0.29, 0.717) is 10.9 Å². The topological polar surface area (TPSA) is 30.7 Å². The third kappa shape index (κ3) is 2.31. The smallest absolute Gasteiger partial charge is 0.165 e. The Morgan fingerprint density at radius 3 is 2.65 bits per heavy atom. The lowest BCUT2D eigenvalue weighted by Gasteiger charge is -2.08. The molecule has 0 spiro atoms. The number of alkyl halides is 1. The Morgan fingerprint density at radius 2 is 2.06 bits per heavy atom. The molecule has 0 saturated carbocycles. The van der Waals surface area contributed by atoms with Gasteiger partial charge in [0.05, 0.1) is 10.9 Å². The summed E-state index contributed by atoms with van der Waals surface area (Å²) in [5.41, 5.74) is 2.02. The van der Waals surface area contributed by atoms with Crippen molar-refractivity contribution in [1.29, 1.82) is 0 Å². The summed E-state index contributed by atoms with van der Waals surface area (Å²) in [6.07, 6.45) is 0. The number of hydrogen-bond acceptors (Lipinski definition) is 2. The minimum atomic E-state index is 0.352. The standard InChI is InChI=1S/C12H13Cl2N3/c1-3-17-11(7-13)15-16-12(17)9-5-4-8(2)6-10(9)14/h4-6H,3,7H2,1-2H3. The van der Waals surface area contributed by atoms with E-state index < -0.39 is 0 Å².